The summed E-state index contributed by atoms with van der Waals surface area (Å²) in [6.45, 7) is 3.91. The zero-order chi connectivity index (χ0) is 14.6. The summed E-state index contributed by atoms with van der Waals surface area (Å²) in [5, 5.41) is 2.97. The molecule has 1 N–H and O–H groups in total. The molecular weight excluding hydrogens is 256 g/mol. The maximum Gasteiger partial charge on any atom is 0.271 e. The van der Waals surface area contributed by atoms with E-state index in [1.54, 1.807) is 6.20 Å². The Morgan fingerprint density at radius 1 is 1.35 bits per heavy atom. The molecule has 0 radical (unpaired) electrons. The van der Waals surface area contributed by atoms with Crippen molar-refractivity contribution in [2.75, 3.05) is 33.9 Å². The van der Waals surface area contributed by atoms with Gasteiger partial charge in [0.1, 0.15) is 5.69 Å². The average molecular weight is 278 g/mol. The van der Waals surface area contributed by atoms with Crippen LogP contribution in [-0.2, 0) is 4.74 Å². The first kappa shape index (κ1) is 14.9. The molecule has 0 spiro atoms. The number of ether oxygens (including phenoxy) is 1. The molecule has 2 heterocycles. The number of hydrogen-bond acceptors (Lipinski definition) is 5. The van der Waals surface area contributed by atoms with E-state index in [-0.39, 0.29) is 11.4 Å². The summed E-state index contributed by atoms with van der Waals surface area (Å²) >= 11 is 0. The zero-order valence-corrected chi connectivity index (χ0v) is 12.3. The summed E-state index contributed by atoms with van der Waals surface area (Å²) in [7, 11) is 4.09. The fourth-order valence-electron chi connectivity index (χ4n) is 2.38. The van der Waals surface area contributed by atoms with Crippen LogP contribution in [0.25, 0.3) is 0 Å². The van der Waals surface area contributed by atoms with Gasteiger partial charge in [0.15, 0.2) is 0 Å². The second-order valence-corrected chi connectivity index (χ2v) is 5.46. The molecule has 1 aromatic heterocycles. The topological polar surface area (TPSA) is 67.4 Å². The van der Waals surface area contributed by atoms with Crippen LogP contribution in [0.1, 0.15) is 29.0 Å². The van der Waals surface area contributed by atoms with Crippen molar-refractivity contribution in [1.82, 2.24) is 20.2 Å². The van der Waals surface area contributed by atoms with Gasteiger partial charge in [-0.15, -0.1) is 0 Å². The maximum atomic E-state index is 12.1. The van der Waals surface area contributed by atoms with Gasteiger partial charge in [0.25, 0.3) is 5.91 Å². The van der Waals surface area contributed by atoms with Crippen LogP contribution in [0.15, 0.2) is 12.4 Å². The van der Waals surface area contributed by atoms with Crippen molar-refractivity contribution >= 4 is 5.91 Å². The highest BCUT2D eigenvalue weighted by Crippen LogP contribution is 2.25. The predicted molar refractivity (Wildman–Crippen MR) is 75.6 cm³/mol. The highest BCUT2D eigenvalue weighted by atomic mass is 16.5. The van der Waals surface area contributed by atoms with Crippen LogP contribution in [0.4, 0.5) is 0 Å². The minimum Gasteiger partial charge on any atom is -0.381 e. The van der Waals surface area contributed by atoms with Gasteiger partial charge in [-0.3, -0.25) is 9.78 Å². The second kappa shape index (κ2) is 6.28. The van der Waals surface area contributed by atoms with Crippen molar-refractivity contribution in [2.24, 2.45) is 0 Å². The molecule has 6 heteroatoms. The molecule has 20 heavy (non-hydrogen) atoms. The van der Waals surface area contributed by atoms with E-state index in [2.05, 4.69) is 20.2 Å². The molecule has 1 saturated heterocycles. The van der Waals surface area contributed by atoms with E-state index in [1.165, 1.54) is 6.20 Å². The lowest BCUT2D eigenvalue weighted by Crippen LogP contribution is -2.55. The van der Waals surface area contributed by atoms with E-state index < -0.39 is 0 Å². The molecule has 0 aliphatic carbocycles. The van der Waals surface area contributed by atoms with Gasteiger partial charge < -0.3 is 15.0 Å². The molecule has 2 rings (SSSR count). The molecule has 1 aliphatic heterocycles. The van der Waals surface area contributed by atoms with Crippen LogP contribution < -0.4 is 5.32 Å². The van der Waals surface area contributed by atoms with Crippen molar-refractivity contribution < 1.29 is 9.53 Å². The Hall–Kier alpha value is -1.53. The lowest BCUT2D eigenvalue weighted by molar-refractivity contribution is -0.00660. The lowest BCUT2D eigenvalue weighted by atomic mass is 9.88. The summed E-state index contributed by atoms with van der Waals surface area (Å²) in [4.78, 5) is 22.5. The maximum absolute atomic E-state index is 12.1. The minimum atomic E-state index is -0.176. The first-order valence-corrected chi connectivity index (χ1v) is 6.85. The molecule has 0 saturated carbocycles. The molecule has 0 unspecified atom stereocenters. The Morgan fingerprint density at radius 2 is 2.05 bits per heavy atom. The van der Waals surface area contributed by atoms with Crippen LogP contribution in [0.5, 0.6) is 0 Å². The number of aromatic nitrogens is 2. The molecule has 0 atom stereocenters. The van der Waals surface area contributed by atoms with Crippen LogP contribution in [0, 0.1) is 6.92 Å². The zero-order valence-electron chi connectivity index (χ0n) is 12.3. The van der Waals surface area contributed by atoms with Crippen molar-refractivity contribution in [3.05, 3.63) is 23.8 Å². The van der Waals surface area contributed by atoms with Crippen LogP contribution in [-0.4, -0.2) is 60.2 Å². The van der Waals surface area contributed by atoms with E-state index in [9.17, 15) is 4.79 Å². The van der Waals surface area contributed by atoms with E-state index in [1.807, 2.05) is 21.0 Å². The third-order valence-electron chi connectivity index (χ3n) is 3.96. The summed E-state index contributed by atoms with van der Waals surface area (Å²) in [5.74, 6) is -0.176. The molecule has 0 aromatic carbocycles. The first-order valence-electron chi connectivity index (χ1n) is 6.85. The standard InChI is InChI=1S/C14H22N4O2/c1-11-8-16-12(9-15-11)13(19)17-10-14(18(2)3)4-6-20-7-5-14/h8-9H,4-7,10H2,1-3H3,(H,17,19). The predicted octanol–water partition coefficient (Wildman–Crippen LogP) is 0.626. The highest BCUT2D eigenvalue weighted by molar-refractivity contribution is 5.91. The Kier molecular flexibility index (Phi) is 4.67. The molecule has 1 fully saturated rings. The highest BCUT2D eigenvalue weighted by Gasteiger charge is 2.35. The molecule has 110 valence electrons. The average Bonchev–Trinajstić information content (AvgIpc) is 2.46. The number of carbonyl (C=O) groups is 1. The van der Waals surface area contributed by atoms with Crippen molar-refractivity contribution in [3.63, 3.8) is 0 Å². The molecule has 1 aliphatic rings. The van der Waals surface area contributed by atoms with E-state index >= 15 is 0 Å². The fourth-order valence-corrected chi connectivity index (χ4v) is 2.38. The SMILES string of the molecule is Cc1cnc(C(=O)NCC2(N(C)C)CCOCC2)cn1. The van der Waals surface area contributed by atoms with E-state index in [4.69, 9.17) is 4.74 Å². The number of carbonyl (C=O) groups excluding carboxylic acids is 1. The van der Waals surface area contributed by atoms with E-state index in [0.717, 1.165) is 31.7 Å². The second-order valence-electron chi connectivity index (χ2n) is 5.46. The van der Waals surface area contributed by atoms with Gasteiger partial charge in [0.2, 0.25) is 0 Å². The van der Waals surface area contributed by atoms with Crippen molar-refractivity contribution in [2.45, 2.75) is 25.3 Å². The summed E-state index contributed by atoms with van der Waals surface area (Å²) < 4.78 is 5.42. The molecule has 6 nitrogen and oxygen atoms in total. The van der Waals surface area contributed by atoms with Gasteiger partial charge in [-0.05, 0) is 33.9 Å². The van der Waals surface area contributed by atoms with Crippen molar-refractivity contribution in [3.8, 4) is 0 Å². The number of nitrogens with one attached hydrogen (secondary N) is 1. The molecular formula is C14H22N4O2. The van der Waals surface area contributed by atoms with E-state index in [0.29, 0.717) is 12.2 Å². The summed E-state index contributed by atoms with van der Waals surface area (Å²) in [6, 6.07) is 0. The largest absolute Gasteiger partial charge is 0.381 e. The Balaban J connectivity index is 1.98. The number of rotatable bonds is 4. The summed E-state index contributed by atoms with van der Waals surface area (Å²) in [5.41, 5.74) is 1.12. The van der Waals surface area contributed by atoms with Gasteiger partial charge >= 0.3 is 0 Å². The summed E-state index contributed by atoms with van der Waals surface area (Å²) in [6.07, 6.45) is 4.95. The van der Waals surface area contributed by atoms with Crippen LogP contribution in [0.2, 0.25) is 0 Å². The normalized spacial score (nSPS) is 18.0. The number of amides is 1. The Bertz CT molecular complexity index is 453. The first-order chi connectivity index (χ1) is 9.53. The molecule has 1 amide bonds. The lowest BCUT2D eigenvalue weighted by Gasteiger charge is -2.42. The quantitative estimate of drug-likeness (QED) is 0.875. The molecule has 0 bridgehead atoms. The Morgan fingerprint density at radius 3 is 2.60 bits per heavy atom. The number of aryl methyl sites for hydroxylation is 1. The third-order valence-corrected chi connectivity index (χ3v) is 3.96. The Labute approximate surface area is 119 Å². The number of likely N-dealkylation sites (N-methyl/N-ethyl adjacent to an activating group) is 1. The number of nitrogens with zero attached hydrogens (tertiary/aromatic N) is 3. The smallest absolute Gasteiger partial charge is 0.271 e. The van der Waals surface area contributed by atoms with Gasteiger partial charge in [-0.25, -0.2) is 4.98 Å². The van der Waals surface area contributed by atoms with Crippen LogP contribution in [0.3, 0.4) is 0 Å². The van der Waals surface area contributed by atoms with Gasteiger partial charge in [0.05, 0.1) is 11.9 Å². The van der Waals surface area contributed by atoms with Gasteiger partial charge in [0, 0.05) is 31.5 Å². The molecule has 1 aromatic rings. The van der Waals surface area contributed by atoms with Crippen molar-refractivity contribution in [1.29, 1.82) is 0 Å². The fraction of sp³-hybridized carbons (Fsp3) is 0.643. The monoisotopic (exact) mass is 278 g/mol. The van der Waals surface area contributed by atoms with Crippen LogP contribution >= 0.6 is 0 Å². The van der Waals surface area contributed by atoms with Gasteiger partial charge in [-0.2, -0.15) is 0 Å². The minimum absolute atomic E-state index is 0.0357. The third kappa shape index (κ3) is 3.32. The number of hydrogen-bond donors (Lipinski definition) is 1. The van der Waals surface area contributed by atoms with Gasteiger partial charge in [-0.1, -0.05) is 0 Å².